The molecule has 0 amide bonds. The third-order valence-electron chi connectivity index (χ3n) is 5.39. The van der Waals surface area contributed by atoms with Crippen molar-refractivity contribution in [1.82, 2.24) is 14.0 Å². The van der Waals surface area contributed by atoms with Gasteiger partial charge in [0.25, 0.3) is 0 Å². The maximum Gasteiger partial charge on any atom is 0.215 e. The summed E-state index contributed by atoms with van der Waals surface area (Å²) in [5.74, 6) is 1.02. The fourth-order valence-corrected chi connectivity index (χ4v) is 4.16. The SMILES string of the molecule is Brc1ccc(-c2cn3c4ccccc4nc3n2CC[NH+]2CCOCC2)cc1. The van der Waals surface area contributed by atoms with Crippen molar-refractivity contribution in [2.24, 2.45) is 0 Å². The molecule has 1 aliphatic heterocycles. The van der Waals surface area contributed by atoms with E-state index in [-0.39, 0.29) is 0 Å². The summed E-state index contributed by atoms with van der Waals surface area (Å²) in [7, 11) is 0. The first-order valence-corrected chi connectivity index (χ1v) is 10.2. The average molecular weight is 426 g/mol. The largest absolute Gasteiger partial charge is 0.370 e. The lowest BCUT2D eigenvalue weighted by atomic mass is 10.1. The maximum absolute atomic E-state index is 5.50. The van der Waals surface area contributed by atoms with Gasteiger partial charge >= 0.3 is 0 Å². The number of nitrogens with zero attached hydrogens (tertiary/aromatic N) is 3. The molecule has 2 aromatic carbocycles. The van der Waals surface area contributed by atoms with E-state index in [2.05, 4.69) is 73.6 Å². The number of benzene rings is 2. The van der Waals surface area contributed by atoms with E-state index in [1.165, 1.54) is 11.3 Å². The molecular weight excluding hydrogens is 404 g/mol. The van der Waals surface area contributed by atoms with Crippen molar-refractivity contribution in [3.05, 3.63) is 59.2 Å². The second kappa shape index (κ2) is 7.11. The van der Waals surface area contributed by atoms with Crippen LogP contribution in [-0.4, -0.2) is 46.8 Å². The highest BCUT2D eigenvalue weighted by Crippen LogP contribution is 2.27. The maximum atomic E-state index is 5.50. The minimum Gasteiger partial charge on any atom is -0.370 e. The quantitative estimate of drug-likeness (QED) is 0.545. The first-order chi connectivity index (χ1) is 13.3. The number of aromatic nitrogens is 3. The van der Waals surface area contributed by atoms with Crippen LogP contribution in [0.4, 0.5) is 0 Å². The molecule has 4 aromatic rings. The molecule has 27 heavy (non-hydrogen) atoms. The zero-order valence-electron chi connectivity index (χ0n) is 15.1. The van der Waals surface area contributed by atoms with E-state index in [0.29, 0.717) is 0 Å². The highest BCUT2D eigenvalue weighted by atomic mass is 79.9. The molecule has 5 nitrogen and oxygen atoms in total. The molecule has 1 N–H and O–H groups in total. The lowest BCUT2D eigenvalue weighted by Crippen LogP contribution is -3.14. The number of nitrogens with one attached hydrogen (secondary N) is 1. The number of morpholine rings is 1. The third-order valence-corrected chi connectivity index (χ3v) is 5.92. The number of hydrogen-bond donors (Lipinski definition) is 1. The van der Waals surface area contributed by atoms with E-state index in [9.17, 15) is 0 Å². The molecule has 6 heteroatoms. The van der Waals surface area contributed by atoms with Crippen molar-refractivity contribution >= 4 is 32.7 Å². The lowest BCUT2D eigenvalue weighted by molar-refractivity contribution is -0.908. The van der Waals surface area contributed by atoms with E-state index < -0.39 is 0 Å². The molecular formula is C21H22BrN4O+. The van der Waals surface area contributed by atoms with Gasteiger partial charge in [0.15, 0.2) is 0 Å². The Morgan fingerprint density at radius 1 is 1.04 bits per heavy atom. The van der Waals surface area contributed by atoms with Gasteiger partial charge in [-0.3, -0.25) is 4.40 Å². The molecule has 0 bridgehead atoms. The van der Waals surface area contributed by atoms with Crippen molar-refractivity contribution in [2.75, 3.05) is 32.8 Å². The van der Waals surface area contributed by atoms with Crippen molar-refractivity contribution < 1.29 is 9.64 Å². The van der Waals surface area contributed by atoms with Crippen LogP contribution < -0.4 is 4.90 Å². The number of imidazole rings is 2. The fourth-order valence-electron chi connectivity index (χ4n) is 3.90. The summed E-state index contributed by atoms with van der Waals surface area (Å²) in [5.41, 5.74) is 4.62. The van der Waals surface area contributed by atoms with Crippen LogP contribution in [0.3, 0.4) is 0 Å². The molecule has 0 aliphatic carbocycles. The number of rotatable bonds is 4. The Morgan fingerprint density at radius 3 is 2.63 bits per heavy atom. The molecule has 138 valence electrons. The monoisotopic (exact) mass is 425 g/mol. The van der Waals surface area contributed by atoms with Gasteiger partial charge in [-0.2, -0.15) is 0 Å². The summed E-state index contributed by atoms with van der Waals surface area (Å²) in [5, 5.41) is 0. The summed E-state index contributed by atoms with van der Waals surface area (Å²) in [4.78, 5) is 6.53. The van der Waals surface area contributed by atoms with Crippen molar-refractivity contribution in [1.29, 1.82) is 0 Å². The van der Waals surface area contributed by atoms with E-state index >= 15 is 0 Å². The second-order valence-electron chi connectivity index (χ2n) is 7.06. The highest BCUT2D eigenvalue weighted by Gasteiger charge is 2.18. The first kappa shape index (κ1) is 17.0. The van der Waals surface area contributed by atoms with E-state index in [0.717, 1.165) is 60.7 Å². The van der Waals surface area contributed by atoms with Crippen LogP contribution in [-0.2, 0) is 11.3 Å². The van der Waals surface area contributed by atoms with Crippen molar-refractivity contribution in [3.63, 3.8) is 0 Å². The van der Waals surface area contributed by atoms with Crippen LogP contribution in [0, 0.1) is 0 Å². The Hall–Kier alpha value is -2.15. The fraction of sp³-hybridized carbons (Fsp3) is 0.286. The smallest absolute Gasteiger partial charge is 0.215 e. The molecule has 5 rings (SSSR count). The number of hydrogen-bond acceptors (Lipinski definition) is 2. The predicted octanol–water partition coefficient (Wildman–Crippen LogP) is 2.63. The lowest BCUT2D eigenvalue weighted by Gasteiger charge is -2.24. The number of fused-ring (bicyclic) bond motifs is 3. The standard InChI is InChI=1S/C21H21BrN4O/c22-17-7-5-16(6-8-17)20-15-26-19-4-2-1-3-18(19)23-21(26)25(20)10-9-24-11-13-27-14-12-24/h1-8,15H,9-14H2/p+1. The molecule has 3 heterocycles. The van der Waals surface area contributed by atoms with Gasteiger partial charge in [-0.05, 0) is 29.8 Å². The number of quaternary nitrogens is 1. The van der Waals surface area contributed by atoms with E-state index in [1.807, 2.05) is 6.07 Å². The Bertz CT molecular complexity index is 1080. The van der Waals surface area contributed by atoms with Gasteiger partial charge in [-0.15, -0.1) is 0 Å². The minimum atomic E-state index is 0.864. The third kappa shape index (κ3) is 3.18. The Kier molecular flexibility index (Phi) is 4.47. The minimum absolute atomic E-state index is 0.864. The normalized spacial score (nSPS) is 15.7. The molecule has 0 spiro atoms. The van der Waals surface area contributed by atoms with Gasteiger partial charge in [-0.1, -0.05) is 40.2 Å². The van der Waals surface area contributed by atoms with Crippen LogP contribution in [0.15, 0.2) is 59.2 Å². The topological polar surface area (TPSA) is 35.9 Å². The summed E-state index contributed by atoms with van der Waals surface area (Å²) >= 11 is 3.54. The van der Waals surface area contributed by atoms with Crippen LogP contribution in [0.1, 0.15) is 0 Å². The molecule has 0 unspecified atom stereocenters. The van der Waals surface area contributed by atoms with Gasteiger partial charge in [0.05, 0.1) is 43.0 Å². The van der Waals surface area contributed by atoms with Gasteiger partial charge in [0.1, 0.15) is 13.1 Å². The van der Waals surface area contributed by atoms with E-state index in [1.54, 1.807) is 4.90 Å². The van der Waals surface area contributed by atoms with E-state index in [4.69, 9.17) is 9.72 Å². The van der Waals surface area contributed by atoms with Gasteiger partial charge in [-0.25, -0.2) is 4.98 Å². The van der Waals surface area contributed by atoms with Crippen LogP contribution >= 0.6 is 15.9 Å². The molecule has 0 atom stereocenters. The Labute approximate surface area is 166 Å². The van der Waals surface area contributed by atoms with Gasteiger partial charge in [0.2, 0.25) is 5.78 Å². The predicted molar refractivity (Wildman–Crippen MR) is 110 cm³/mol. The summed E-state index contributed by atoms with van der Waals surface area (Å²) in [6, 6.07) is 16.9. The molecule has 1 saturated heterocycles. The molecule has 2 aromatic heterocycles. The van der Waals surface area contributed by atoms with Gasteiger partial charge in [0, 0.05) is 10.7 Å². The van der Waals surface area contributed by atoms with Crippen molar-refractivity contribution in [2.45, 2.75) is 6.54 Å². The molecule has 1 aliphatic rings. The zero-order chi connectivity index (χ0) is 18.2. The van der Waals surface area contributed by atoms with Crippen LogP contribution in [0.2, 0.25) is 0 Å². The van der Waals surface area contributed by atoms with Crippen LogP contribution in [0.25, 0.3) is 28.1 Å². The number of ether oxygens (including phenoxy) is 1. The Balaban J connectivity index is 1.59. The number of halogens is 1. The summed E-state index contributed by atoms with van der Waals surface area (Å²) in [6.07, 6.45) is 2.22. The number of para-hydroxylation sites is 2. The Morgan fingerprint density at radius 2 is 1.81 bits per heavy atom. The molecule has 0 radical (unpaired) electrons. The zero-order valence-corrected chi connectivity index (χ0v) is 16.7. The average Bonchev–Trinajstić information content (AvgIpc) is 3.24. The first-order valence-electron chi connectivity index (χ1n) is 9.43. The highest BCUT2D eigenvalue weighted by molar-refractivity contribution is 9.10. The molecule has 1 fully saturated rings. The second-order valence-corrected chi connectivity index (χ2v) is 7.97. The summed E-state index contributed by atoms with van der Waals surface area (Å²) < 4.78 is 11.2. The molecule has 0 saturated carbocycles. The summed E-state index contributed by atoms with van der Waals surface area (Å²) in [6.45, 7) is 5.93. The van der Waals surface area contributed by atoms with Gasteiger partial charge < -0.3 is 14.2 Å². The van der Waals surface area contributed by atoms with Crippen molar-refractivity contribution in [3.8, 4) is 11.3 Å². The van der Waals surface area contributed by atoms with Crippen LogP contribution in [0.5, 0.6) is 0 Å².